The fourth-order valence-electron chi connectivity index (χ4n) is 1.95. The fraction of sp³-hybridized carbons (Fsp3) is 0.929. The Balaban J connectivity index is 1.80. The summed E-state index contributed by atoms with van der Waals surface area (Å²) < 4.78 is 4.99. The summed E-state index contributed by atoms with van der Waals surface area (Å²) >= 11 is 0. The number of methoxy groups -OCH3 is 1. The average Bonchev–Trinajstić information content (AvgIpc) is 2.96. The maximum absolute atomic E-state index is 11.7. The zero-order chi connectivity index (χ0) is 14.5. The Kier molecular flexibility index (Phi) is 13.0. The van der Waals surface area contributed by atoms with E-state index in [0.717, 1.165) is 49.0 Å². The van der Waals surface area contributed by atoms with E-state index in [9.17, 15) is 4.79 Å². The minimum Gasteiger partial charge on any atom is -0.384 e. The van der Waals surface area contributed by atoms with Gasteiger partial charge in [-0.05, 0) is 25.7 Å². The minimum atomic E-state index is 0.459. The monoisotopic (exact) mass is 354 g/mol. The second-order valence-electron chi connectivity index (χ2n) is 4.85. The van der Waals surface area contributed by atoms with Crippen molar-refractivity contribution in [3.05, 3.63) is 0 Å². The van der Waals surface area contributed by atoms with Crippen LogP contribution >= 0.6 is 43.2 Å². The molecule has 1 aliphatic heterocycles. The van der Waals surface area contributed by atoms with Crippen LogP contribution in [0.4, 0.5) is 0 Å². The van der Waals surface area contributed by atoms with Crippen molar-refractivity contribution in [2.24, 2.45) is 0 Å². The second-order valence-corrected chi connectivity index (χ2v) is 10.3. The number of ketones is 1. The second kappa shape index (κ2) is 13.7. The lowest BCUT2D eigenvalue weighted by Gasteiger charge is -2.06. The van der Waals surface area contributed by atoms with Crippen molar-refractivity contribution in [1.82, 2.24) is 0 Å². The number of ether oxygens (including phenoxy) is 1. The number of Topliss-reactive ketones (excluding diaryl/α,β-unsaturated/α-hetero) is 1. The van der Waals surface area contributed by atoms with Crippen LogP contribution in [0.25, 0.3) is 0 Å². The molecule has 1 heterocycles. The van der Waals surface area contributed by atoms with Crippen LogP contribution in [-0.4, -0.2) is 42.0 Å². The molecule has 0 aliphatic carbocycles. The Morgan fingerprint density at radius 3 is 2.75 bits per heavy atom. The zero-order valence-corrected chi connectivity index (χ0v) is 15.6. The molecule has 0 aromatic heterocycles. The van der Waals surface area contributed by atoms with Gasteiger partial charge in [0.25, 0.3) is 0 Å². The van der Waals surface area contributed by atoms with Gasteiger partial charge in [-0.1, -0.05) is 49.6 Å². The predicted octanol–water partition coefficient (Wildman–Crippen LogP) is 5.08. The molecule has 0 N–H and O–H groups in total. The van der Waals surface area contributed by atoms with Gasteiger partial charge in [0.2, 0.25) is 0 Å². The van der Waals surface area contributed by atoms with Crippen molar-refractivity contribution >= 4 is 49.0 Å². The van der Waals surface area contributed by atoms with Crippen molar-refractivity contribution in [2.75, 3.05) is 31.0 Å². The number of hydrogen-bond donors (Lipinski definition) is 0. The highest BCUT2D eigenvalue weighted by Gasteiger charge is 2.15. The Morgan fingerprint density at radius 1 is 1.20 bits per heavy atom. The third-order valence-corrected chi connectivity index (χ3v) is 8.56. The first-order chi connectivity index (χ1) is 9.83. The van der Waals surface area contributed by atoms with E-state index in [1.54, 1.807) is 7.11 Å². The number of unbranched alkanes of at least 4 members (excludes halogenated alkanes) is 1. The summed E-state index contributed by atoms with van der Waals surface area (Å²) in [6.45, 7) is 0.814. The van der Waals surface area contributed by atoms with E-state index in [4.69, 9.17) is 4.74 Å². The number of carbonyl (C=O) groups is 1. The van der Waals surface area contributed by atoms with Crippen molar-refractivity contribution < 1.29 is 9.53 Å². The predicted molar refractivity (Wildman–Crippen MR) is 98.0 cm³/mol. The molecule has 0 saturated carbocycles. The summed E-state index contributed by atoms with van der Waals surface area (Å²) in [5, 5.41) is 0.857. The van der Waals surface area contributed by atoms with Gasteiger partial charge in [0, 0.05) is 42.5 Å². The third-order valence-electron chi connectivity index (χ3n) is 3.10. The van der Waals surface area contributed by atoms with Gasteiger partial charge in [-0.2, -0.15) is 0 Å². The van der Waals surface area contributed by atoms with E-state index in [1.807, 2.05) is 43.2 Å². The first-order valence-electron chi connectivity index (χ1n) is 7.36. The van der Waals surface area contributed by atoms with Gasteiger partial charge in [0.1, 0.15) is 5.78 Å². The summed E-state index contributed by atoms with van der Waals surface area (Å²) in [5.41, 5.74) is 0. The van der Waals surface area contributed by atoms with E-state index in [0.29, 0.717) is 5.78 Å². The summed E-state index contributed by atoms with van der Waals surface area (Å²) in [6.07, 6.45) is 7.58. The molecule has 0 radical (unpaired) electrons. The maximum atomic E-state index is 11.7. The molecule has 1 saturated heterocycles. The third kappa shape index (κ3) is 10.7. The fourth-order valence-corrected chi connectivity index (χ4v) is 6.97. The zero-order valence-electron chi connectivity index (χ0n) is 12.3. The van der Waals surface area contributed by atoms with Gasteiger partial charge >= 0.3 is 0 Å². The summed E-state index contributed by atoms with van der Waals surface area (Å²) in [4.78, 5) is 11.7. The van der Waals surface area contributed by atoms with E-state index < -0.39 is 0 Å². The Hall–Kier alpha value is 1.03. The van der Waals surface area contributed by atoms with E-state index in [2.05, 4.69) is 0 Å². The molecule has 0 aromatic carbocycles. The highest BCUT2D eigenvalue weighted by Crippen LogP contribution is 2.39. The highest BCUT2D eigenvalue weighted by atomic mass is 33.1. The van der Waals surface area contributed by atoms with Crippen LogP contribution in [0.2, 0.25) is 0 Å². The van der Waals surface area contributed by atoms with Crippen LogP contribution in [0.3, 0.4) is 0 Å². The first kappa shape index (κ1) is 19.1. The largest absolute Gasteiger partial charge is 0.384 e. The smallest absolute Gasteiger partial charge is 0.132 e. The molecule has 1 unspecified atom stereocenters. The molecule has 0 spiro atoms. The molecule has 6 heteroatoms. The van der Waals surface area contributed by atoms with E-state index >= 15 is 0 Å². The topological polar surface area (TPSA) is 26.3 Å². The molecule has 1 fully saturated rings. The first-order valence-corrected chi connectivity index (χ1v) is 12.2. The average molecular weight is 355 g/mol. The lowest BCUT2D eigenvalue weighted by molar-refractivity contribution is -0.119. The standard InChI is InChI=1S/C14H26O2S4/c1-16-9-12-18-17-10-4-6-13(15)5-2-3-7-14-8-11-19-20-14/h14H,2-12H2,1H3. The van der Waals surface area contributed by atoms with Crippen LogP contribution < -0.4 is 0 Å². The van der Waals surface area contributed by atoms with Crippen molar-refractivity contribution in [2.45, 2.75) is 50.2 Å². The Bertz CT molecular complexity index is 245. The molecule has 1 rings (SSSR count). The highest BCUT2D eigenvalue weighted by molar-refractivity contribution is 8.77. The molecule has 20 heavy (non-hydrogen) atoms. The van der Waals surface area contributed by atoms with Gasteiger partial charge in [0.05, 0.1) is 6.61 Å². The van der Waals surface area contributed by atoms with Crippen LogP contribution in [-0.2, 0) is 9.53 Å². The Morgan fingerprint density at radius 2 is 2.00 bits per heavy atom. The van der Waals surface area contributed by atoms with Crippen LogP contribution in [0, 0.1) is 0 Å². The van der Waals surface area contributed by atoms with Crippen molar-refractivity contribution in [3.63, 3.8) is 0 Å². The van der Waals surface area contributed by atoms with Crippen LogP contribution in [0.15, 0.2) is 0 Å². The lowest BCUT2D eigenvalue weighted by Crippen LogP contribution is -2.01. The quantitative estimate of drug-likeness (QED) is 0.338. The molecular weight excluding hydrogens is 328 g/mol. The molecule has 118 valence electrons. The SMILES string of the molecule is COCCSSCCCC(=O)CCCCC1CCSS1. The van der Waals surface area contributed by atoms with Crippen molar-refractivity contribution in [3.8, 4) is 0 Å². The van der Waals surface area contributed by atoms with Gasteiger partial charge in [-0.3, -0.25) is 4.79 Å². The van der Waals surface area contributed by atoms with Gasteiger partial charge in [-0.25, -0.2) is 0 Å². The molecule has 2 nitrogen and oxygen atoms in total. The number of rotatable bonds is 13. The number of carbonyl (C=O) groups excluding carboxylic acids is 1. The van der Waals surface area contributed by atoms with Gasteiger partial charge in [-0.15, -0.1) is 0 Å². The molecule has 0 amide bonds. The van der Waals surface area contributed by atoms with Crippen molar-refractivity contribution in [1.29, 1.82) is 0 Å². The lowest BCUT2D eigenvalue weighted by atomic mass is 10.1. The maximum Gasteiger partial charge on any atom is 0.132 e. The van der Waals surface area contributed by atoms with Gasteiger partial charge in [0.15, 0.2) is 0 Å². The normalized spacial score (nSPS) is 18.6. The summed E-state index contributed by atoms with van der Waals surface area (Å²) in [5.74, 6) is 3.89. The molecule has 0 bridgehead atoms. The van der Waals surface area contributed by atoms with Crippen LogP contribution in [0.5, 0.6) is 0 Å². The van der Waals surface area contributed by atoms with Gasteiger partial charge < -0.3 is 4.74 Å². The van der Waals surface area contributed by atoms with Crippen LogP contribution in [0.1, 0.15) is 44.9 Å². The Labute approximate surface area is 139 Å². The van der Waals surface area contributed by atoms with E-state index in [-0.39, 0.29) is 0 Å². The summed E-state index contributed by atoms with van der Waals surface area (Å²) in [7, 11) is 9.48. The minimum absolute atomic E-state index is 0.459. The molecule has 1 atom stereocenters. The summed E-state index contributed by atoms with van der Waals surface area (Å²) in [6, 6.07) is 0. The molecule has 1 aliphatic rings. The van der Waals surface area contributed by atoms with E-state index in [1.165, 1.54) is 25.0 Å². The molecule has 0 aromatic rings. The number of hydrogen-bond acceptors (Lipinski definition) is 6. The molecular formula is C14H26O2S4.